The molecular formula is C26H28N4O3. The van der Waals surface area contributed by atoms with Crippen LogP contribution in [0.15, 0.2) is 54.6 Å². The Morgan fingerprint density at radius 2 is 1.64 bits per heavy atom. The molecule has 2 aliphatic rings. The summed E-state index contributed by atoms with van der Waals surface area (Å²) in [6, 6.07) is 17.2. The summed E-state index contributed by atoms with van der Waals surface area (Å²) in [5.41, 5.74) is 3.42. The summed E-state index contributed by atoms with van der Waals surface area (Å²) in [6.45, 7) is 3.02. The predicted molar refractivity (Wildman–Crippen MR) is 126 cm³/mol. The topological polar surface area (TPSA) is 76.5 Å². The summed E-state index contributed by atoms with van der Waals surface area (Å²) in [5.74, 6) is 0.461. The first kappa shape index (κ1) is 21.4. The molecule has 0 unspecified atom stereocenters. The quantitative estimate of drug-likeness (QED) is 0.660. The number of ether oxygens (including phenoxy) is 1. The third-order valence-corrected chi connectivity index (χ3v) is 6.32. The van der Waals surface area contributed by atoms with E-state index in [0.29, 0.717) is 43.2 Å². The number of imidazole rings is 1. The van der Waals surface area contributed by atoms with E-state index < -0.39 is 0 Å². The normalized spacial score (nSPS) is 16.1. The van der Waals surface area contributed by atoms with Crippen LogP contribution in [-0.2, 0) is 17.7 Å². The monoisotopic (exact) mass is 444 g/mol. The number of carbonyl (C=O) groups excluding carboxylic acids is 2. The molecule has 1 saturated heterocycles. The summed E-state index contributed by atoms with van der Waals surface area (Å²) in [4.78, 5) is 33.1. The van der Waals surface area contributed by atoms with Gasteiger partial charge in [0.2, 0.25) is 0 Å². The largest absolute Gasteiger partial charge is 0.378 e. The smallest absolute Gasteiger partial charge is 0.276 e. The number of amides is 2. The van der Waals surface area contributed by atoms with Gasteiger partial charge in [-0.3, -0.25) is 9.59 Å². The molecule has 1 fully saturated rings. The number of nitrogens with zero attached hydrogens (tertiary/aromatic N) is 3. The molecule has 0 bridgehead atoms. The molecule has 0 saturated carbocycles. The van der Waals surface area contributed by atoms with Gasteiger partial charge in [-0.2, -0.15) is 0 Å². The molecule has 0 radical (unpaired) electrons. The van der Waals surface area contributed by atoms with Gasteiger partial charge in [-0.1, -0.05) is 48.9 Å². The minimum absolute atomic E-state index is 0.0946. The number of hydrogen-bond donors (Lipinski definition) is 1. The first-order chi connectivity index (χ1) is 16.2. The van der Waals surface area contributed by atoms with Crippen LogP contribution in [0.4, 0.5) is 5.69 Å². The summed E-state index contributed by atoms with van der Waals surface area (Å²) >= 11 is 0. The molecule has 7 nitrogen and oxygen atoms in total. The number of nitrogens with one attached hydrogen (secondary N) is 1. The SMILES string of the molecule is O=C(Nc1ccccc1C(=O)N1CCOCC1)c1nc(-c2ccccc2)n2c1CCCCC2. The van der Waals surface area contributed by atoms with E-state index in [0.717, 1.165) is 49.3 Å². The van der Waals surface area contributed by atoms with Gasteiger partial charge < -0.3 is 19.5 Å². The van der Waals surface area contributed by atoms with Crippen LogP contribution in [0.25, 0.3) is 11.4 Å². The summed E-state index contributed by atoms with van der Waals surface area (Å²) in [5, 5.41) is 2.99. The fourth-order valence-electron chi connectivity index (χ4n) is 4.61. The average molecular weight is 445 g/mol. The van der Waals surface area contributed by atoms with Crippen molar-refractivity contribution in [3.63, 3.8) is 0 Å². The molecular weight excluding hydrogens is 416 g/mol. The first-order valence-corrected chi connectivity index (χ1v) is 11.6. The number of hydrogen-bond acceptors (Lipinski definition) is 4. The second kappa shape index (κ2) is 9.58. The fraction of sp³-hybridized carbons (Fsp3) is 0.346. The number of para-hydroxylation sites is 1. The Kier molecular flexibility index (Phi) is 6.21. The minimum atomic E-state index is -0.273. The second-order valence-corrected chi connectivity index (χ2v) is 8.46. The van der Waals surface area contributed by atoms with E-state index in [2.05, 4.69) is 9.88 Å². The highest BCUT2D eigenvalue weighted by atomic mass is 16.5. The van der Waals surface area contributed by atoms with Crippen LogP contribution in [0.3, 0.4) is 0 Å². The average Bonchev–Trinajstić information content (AvgIpc) is 3.06. The van der Waals surface area contributed by atoms with E-state index in [1.54, 1.807) is 17.0 Å². The van der Waals surface area contributed by atoms with E-state index in [-0.39, 0.29) is 11.8 Å². The summed E-state index contributed by atoms with van der Waals surface area (Å²) in [7, 11) is 0. The van der Waals surface area contributed by atoms with Gasteiger partial charge in [0.15, 0.2) is 0 Å². The number of benzene rings is 2. The van der Waals surface area contributed by atoms with Crippen molar-refractivity contribution in [2.75, 3.05) is 31.6 Å². The number of rotatable bonds is 4. The Morgan fingerprint density at radius 3 is 2.45 bits per heavy atom. The molecule has 0 atom stereocenters. The van der Waals surface area contributed by atoms with Crippen molar-refractivity contribution in [2.45, 2.75) is 32.2 Å². The molecule has 3 heterocycles. The predicted octanol–water partition coefficient (Wildman–Crippen LogP) is 4.00. The molecule has 3 aromatic rings. The second-order valence-electron chi connectivity index (χ2n) is 8.46. The zero-order chi connectivity index (χ0) is 22.6. The van der Waals surface area contributed by atoms with E-state index in [9.17, 15) is 9.59 Å². The molecule has 5 rings (SSSR count). The maximum absolute atomic E-state index is 13.5. The van der Waals surface area contributed by atoms with Crippen LogP contribution in [0.5, 0.6) is 0 Å². The van der Waals surface area contributed by atoms with Crippen LogP contribution in [-0.4, -0.2) is 52.6 Å². The van der Waals surface area contributed by atoms with Gasteiger partial charge in [0.05, 0.1) is 30.2 Å². The van der Waals surface area contributed by atoms with Crippen molar-refractivity contribution >= 4 is 17.5 Å². The number of fused-ring (bicyclic) bond motifs is 1. The van der Waals surface area contributed by atoms with Gasteiger partial charge in [0, 0.05) is 25.2 Å². The number of morpholine rings is 1. The molecule has 7 heteroatoms. The minimum Gasteiger partial charge on any atom is -0.378 e. The van der Waals surface area contributed by atoms with Crippen LogP contribution in [0.1, 0.15) is 45.8 Å². The molecule has 1 N–H and O–H groups in total. The Morgan fingerprint density at radius 1 is 0.879 bits per heavy atom. The van der Waals surface area contributed by atoms with Gasteiger partial charge >= 0.3 is 0 Å². The highest BCUT2D eigenvalue weighted by molar-refractivity contribution is 6.09. The van der Waals surface area contributed by atoms with Gasteiger partial charge in [0.1, 0.15) is 11.5 Å². The van der Waals surface area contributed by atoms with Crippen LogP contribution in [0.2, 0.25) is 0 Å². The number of aromatic nitrogens is 2. The molecule has 33 heavy (non-hydrogen) atoms. The third kappa shape index (κ3) is 4.41. The maximum atomic E-state index is 13.5. The Hall–Kier alpha value is -3.45. The maximum Gasteiger partial charge on any atom is 0.276 e. The molecule has 2 amide bonds. The lowest BCUT2D eigenvalue weighted by Gasteiger charge is -2.27. The van der Waals surface area contributed by atoms with E-state index >= 15 is 0 Å². The standard InChI is InChI=1S/C26H28N4O3/c31-25(27-21-12-7-6-11-20(21)26(32)29-15-17-33-18-16-29)23-22-13-5-2-8-14-30(22)24(28-23)19-9-3-1-4-10-19/h1,3-4,6-7,9-12H,2,5,8,13-18H2,(H,27,31). The molecule has 2 aromatic carbocycles. The summed E-state index contributed by atoms with van der Waals surface area (Å²) < 4.78 is 7.56. The first-order valence-electron chi connectivity index (χ1n) is 11.6. The lowest BCUT2D eigenvalue weighted by molar-refractivity contribution is 0.0303. The number of carbonyl (C=O) groups is 2. The molecule has 170 valence electrons. The highest BCUT2D eigenvalue weighted by Gasteiger charge is 2.26. The summed E-state index contributed by atoms with van der Waals surface area (Å²) in [6.07, 6.45) is 4.05. The lowest BCUT2D eigenvalue weighted by Crippen LogP contribution is -2.41. The van der Waals surface area contributed by atoms with Crippen molar-refractivity contribution in [1.29, 1.82) is 0 Å². The number of anilines is 1. The zero-order valence-electron chi connectivity index (χ0n) is 18.6. The molecule has 1 aromatic heterocycles. The lowest BCUT2D eigenvalue weighted by atomic mass is 10.1. The van der Waals surface area contributed by atoms with Crippen LogP contribution in [0, 0.1) is 0 Å². The molecule has 0 aliphatic carbocycles. The van der Waals surface area contributed by atoms with E-state index in [1.165, 1.54) is 0 Å². The zero-order valence-corrected chi connectivity index (χ0v) is 18.6. The van der Waals surface area contributed by atoms with Crippen molar-refractivity contribution in [1.82, 2.24) is 14.5 Å². The third-order valence-electron chi connectivity index (χ3n) is 6.32. The van der Waals surface area contributed by atoms with Gasteiger partial charge in [-0.05, 0) is 31.4 Å². The van der Waals surface area contributed by atoms with Crippen LogP contribution < -0.4 is 5.32 Å². The van der Waals surface area contributed by atoms with Crippen molar-refractivity contribution in [2.24, 2.45) is 0 Å². The Balaban J connectivity index is 1.47. The van der Waals surface area contributed by atoms with Crippen LogP contribution >= 0.6 is 0 Å². The molecule has 2 aliphatic heterocycles. The van der Waals surface area contributed by atoms with Gasteiger partial charge in [-0.15, -0.1) is 0 Å². The highest BCUT2D eigenvalue weighted by Crippen LogP contribution is 2.28. The van der Waals surface area contributed by atoms with E-state index in [1.807, 2.05) is 42.5 Å². The van der Waals surface area contributed by atoms with E-state index in [4.69, 9.17) is 9.72 Å². The fourth-order valence-corrected chi connectivity index (χ4v) is 4.61. The van der Waals surface area contributed by atoms with Crippen molar-refractivity contribution < 1.29 is 14.3 Å². The van der Waals surface area contributed by atoms with Gasteiger partial charge in [0.25, 0.3) is 11.8 Å². The van der Waals surface area contributed by atoms with Gasteiger partial charge in [-0.25, -0.2) is 4.98 Å². The van der Waals surface area contributed by atoms with Crippen molar-refractivity contribution in [3.05, 3.63) is 71.5 Å². The Bertz CT molecular complexity index is 1150. The Labute approximate surface area is 193 Å². The molecule has 0 spiro atoms. The van der Waals surface area contributed by atoms with Crippen molar-refractivity contribution in [3.8, 4) is 11.4 Å².